The topological polar surface area (TPSA) is 74.1 Å². The molecule has 0 aromatic carbocycles. The van der Waals surface area contributed by atoms with Crippen molar-refractivity contribution in [1.29, 1.82) is 5.26 Å². The summed E-state index contributed by atoms with van der Waals surface area (Å²) in [6.45, 7) is 0. The number of sulfonamides is 1. The number of hydrogen-bond donors (Lipinski definition) is 0. The van der Waals surface area contributed by atoms with Gasteiger partial charge in [0.2, 0.25) is 10.0 Å². The highest BCUT2D eigenvalue weighted by atomic mass is 32.2. The van der Waals surface area contributed by atoms with Crippen LogP contribution in [0.25, 0.3) is 0 Å². The van der Waals surface area contributed by atoms with Crippen molar-refractivity contribution in [3.63, 3.8) is 0 Å². The molecular formula is C10H11N3O2S. The first kappa shape index (κ1) is 11.0. The fourth-order valence-electron chi connectivity index (χ4n) is 1.40. The second-order valence-electron chi connectivity index (χ2n) is 3.74. The largest absolute Gasteiger partial charge is 0.244 e. The molecule has 0 N–H and O–H groups in total. The maximum atomic E-state index is 12.0. The summed E-state index contributed by atoms with van der Waals surface area (Å²) in [4.78, 5) is 3.90. The second-order valence-corrected chi connectivity index (χ2v) is 5.74. The Morgan fingerprint density at radius 1 is 1.50 bits per heavy atom. The van der Waals surface area contributed by atoms with Gasteiger partial charge in [-0.1, -0.05) is 0 Å². The standard InChI is InChI=1S/C10H11N3O2S/c1-13(9-3-4-9)16(14,15)10-5-2-8(6-11)12-7-10/h2,5,7,9H,3-4H2,1H3. The first-order chi connectivity index (χ1) is 7.55. The van der Waals surface area contributed by atoms with Gasteiger partial charge < -0.3 is 0 Å². The minimum absolute atomic E-state index is 0.126. The van der Waals surface area contributed by atoms with Gasteiger partial charge in [-0.3, -0.25) is 0 Å². The summed E-state index contributed by atoms with van der Waals surface area (Å²) >= 11 is 0. The average molecular weight is 237 g/mol. The average Bonchev–Trinajstić information content (AvgIpc) is 3.12. The van der Waals surface area contributed by atoms with Gasteiger partial charge in [-0.15, -0.1) is 0 Å². The van der Waals surface area contributed by atoms with Gasteiger partial charge in [0.25, 0.3) is 0 Å². The molecule has 16 heavy (non-hydrogen) atoms. The Bertz CT molecular complexity index is 526. The van der Waals surface area contributed by atoms with Crippen LogP contribution in [0.15, 0.2) is 23.2 Å². The van der Waals surface area contributed by atoms with Crippen LogP contribution in [0.4, 0.5) is 0 Å². The summed E-state index contributed by atoms with van der Waals surface area (Å²) < 4.78 is 25.4. The van der Waals surface area contributed by atoms with E-state index >= 15 is 0 Å². The number of rotatable bonds is 3. The molecule has 1 aromatic heterocycles. The number of hydrogen-bond acceptors (Lipinski definition) is 4. The number of aromatic nitrogens is 1. The molecule has 1 aliphatic rings. The Balaban J connectivity index is 2.32. The minimum atomic E-state index is -3.44. The van der Waals surface area contributed by atoms with Gasteiger partial charge in [0.1, 0.15) is 16.7 Å². The van der Waals surface area contributed by atoms with Gasteiger partial charge >= 0.3 is 0 Å². The van der Waals surface area contributed by atoms with Crippen LogP contribution in [-0.4, -0.2) is 30.8 Å². The lowest BCUT2D eigenvalue weighted by Crippen LogP contribution is -2.29. The van der Waals surface area contributed by atoms with Gasteiger partial charge in [0.05, 0.1) is 0 Å². The molecule has 0 spiro atoms. The molecule has 0 aliphatic heterocycles. The summed E-state index contributed by atoms with van der Waals surface area (Å²) in [5.41, 5.74) is 0.216. The SMILES string of the molecule is CN(C1CC1)S(=O)(=O)c1ccc(C#N)nc1. The van der Waals surface area contributed by atoms with Gasteiger partial charge in [0.15, 0.2) is 0 Å². The quantitative estimate of drug-likeness (QED) is 0.777. The van der Waals surface area contributed by atoms with Crippen LogP contribution in [0, 0.1) is 11.3 Å². The van der Waals surface area contributed by atoms with E-state index in [1.54, 1.807) is 7.05 Å². The molecule has 0 unspecified atom stereocenters. The molecule has 1 aromatic rings. The van der Waals surface area contributed by atoms with E-state index in [1.807, 2.05) is 6.07 Å². The molecule has 0 amide bonds. The predicted octanol–water partition coefficient (Wildman–Crippen LogP) is 0.736. The Labute approximate surface area is 94.4 Å². The molecule has 1 aliphatic carbocycles. The van der Waals surface area contributed by atoms with Gasteiger partial charge in [-0.2, -0.15) is 9.57 Å². The van der Waals surface area contributed by atoms with Crippen LogP contribution in [-0.2, 0) is 10.0 Å². The third kappa shape index (κ3) is 1.92. The van der Waals surface area contributed by atoms with Crippen LogP contribution in [0.5, 0.6) is 0 Å². The summed E-state index contributed by atoms with van der Waals surface area (Å²) in [5, 5.41) is 8.57. The third-order valence-corrected chi connectivity index (χ3v) is 4.48. The van der Waals surface area contributed by atoms with Crippen molar-refractivity contribution >= 4 is 10.0 Å². The number of nitrogens with zero attached hydrogens (tertiary/aromatic N) is 3. The van der Waals surface area contributed by atoms with Crippen LogP contribution < -0.4 is 0 Å². The van der Waals surface area contributed by atoms with Crippen molar-refractivity contribution in [3.8, 4) is 6.07 Å². The number of nitriles is 1. The van der Waals surface area contributed by atoms with E-state index in [9.17, 15) is 8.42 Å². The van der Waals surface area contributed by atoms with E-state index in [2.05, 4.69) is 4.98 Å². The van der Waals surface area contributed by atoms with E-state index in [-0.39, 0.29) is 16.6 Å². The van der Waals surface area contributed by atoms with Crippen molar-refractivity contribution in [2.24, 2.45) is 0 Å². The molecular weight excluding hydrogens is 226 g/mol. The molecule has 6 heteroatoms. The molecule has 5 nitrogen and oxygen atoms in total. The molecule has 0 bridgehead atoms. The zero-order chi connectivity index (χ0) is 11.8. The van der Waals surface area contributed by atoms with E-state index in [4.69, 9.17) is 5.26 Å². The van der Waals surface area contributed by atoms with Crippen LogP contribution >= 0.6 is 0 Å². The summed E-state index contributed by atoms with van der Waals surface area (Å²) in [7, 11) is -1.86. The highest BCUT2D eigenvalue weighted by molar-refractivity contribution is 7.89. The van der Waals surface area contributed by atoms with Crippen molar-refractivity contribution in [2.45, 2.75) is 23.8 Å². The molecule has 1 heterocycles. The van der Waals surface area contributed by atoms with Gasteiger partial charge in [-0.25, -0.2) is 13.4 Å². The smallest absolute Gasteiger partial charge is 0.244 e. The Morgan fingerprint density at radius 3 is 2.62 bits per heavy atom. The zero-order valence-electron chi connectivity index (χ0n) is 8.79. The molecule has 1 fully saturated rings. The molecule has 0 radical (unpaired) electrons. The van der Waals surface area contributed by atoms with Crippen LogP contribution in [0.1, 0.15) is 18.5 Å². The third-order valence-electron chi connectivity index (χ3n) is 2.59. The summed E-state index contributed by atoms with van der Waals surface area (Å²) in [6.07, 6.45) is 3.06. The minimum Gasteiger partial charge on any atom is -0.244 e. The maximum Gasteiger partial charge on any atom is 0.244 e. The highest BCUT2D eigenvalue weighted by Crippen LogP contribution is 2.30. The lowest BCUT2D eigenvalue weighted by Gasteiger charge is -2.15. The fourth-order valence-corrected chi connectivity index (χ4v) is 2.76. The summed E-state index contributed by atoms with van der Waals surface area (Å²) in [6, 6.07) is 4.80. The molecule has 2 rings (SSSR count). The number of pyridine rings is 1. The summed E-state index contributed by atoms with van der Waals surface area (Å²) in [5.74, 6) is 0. The maximum absolute atomic E-state index is 12.0. The fraction of sp³-hybridized carbons (Fsp3) is 0.400. The van der Waals surface area contributed by atoms with E-state index < -0.39 is 10.0 Å². The highest BCUT2D eigenvalue weighted by Gasteiger charge is 2.35. The zero-order valence-corrected chi connectivity index (χ0v) is 9.61. The molecule has 1 saturated carbocycles. The second kappa shape index (κ2) is 3.85. The normalized spacial score (nSPS) is 16.1. The molecule has 0 atom stereocenters. The van der Waals surface area contributed by atoms with Crippen molar-refractivity contribution in [1.82, 2.24) is 9.29 Å². The molecule has 84 valence electrons. The monoisotopic (exact) mass is 237 g/mol. The Kier molecular flexibility index (Phi) is 2.66. The van der Waals surface area contributed by atoms with E-state index in [0.717, 1.165) is 12.8 Å². The molecule has 0 saturated heterocycles. The van der Waals surface area contributed by atoms with Gasteiger partial charge in [0, 0.05) is 19.3 Å². The first-order valence-electron chi connectivity index (χ1n) is 4.90. The van der Waals surface area contributed by atoms with E-state index in [1.165, 1.54) is 22.6 Å². The van der Waals surface area contributed by atoms with Gasteiger partial charge in [-0.05, 0) is 25.0 Å². The first-order valence-corrected chi connectivity index (χ1v) is 6.34. The Hall–Kier alpha value is -1.45. The van der Waals surface area contributed by atoms with Crippen molar-refractivity contribution < 1.29 is 8.42 Å². The Morgan fingerprint density at radius 2 is 2.19 bits per heavy atom. The van der Waals surface area contributed by atoms with Crippen molar-refractivity contribution in [2.75, 3.05) is 7.05 Å². The van der Waals surface area contributed by atoms with Crippen LogP contribution in [0.3, 0.4) is 0 Å². The lowest BCUT2D eigenvalue weighted by atomic mass is 10.4. The predicted molar refractivity (Wildman–Crippen MR) is 56.9 cm³/mol. The van der Waals surface area contributed by atoms with E-state index in [0.29, 0.717) is 0 Å². The lowest BCUT2D eigenvalue weighted by molar-refractivity contribution is 0.464. The van der Waals surface area contributed by atoms with Crippen molar-refractivity contribution in [3.05, 3.63) is 24.0 Å². The van der Waals surface area contributed by atoms with Crippen LogP contribution in [0.2, 0.25) is 0 Å².